The number of methoxy groups -OCH3 is 2. The predicted octanol–water partition coefficient (Wildman–Crippen LogP) is 4.60. The molecule has 0 fully saturated rings. The Morgan fingerprint density at radius 3 is 2.77 bits per heavy atom. The molecule has 0 unspecified atom stereocenters. The molecule has 0 atom stereocenters. The van der Waals surface area contributed by atoms with Crippen molar-refractivity contribution >= 4 is 52.1 Å². The Bertz CT molecular complexity index is 871. The lowest BCUT2D eigenvalue weighted by Gasteiger charge is -2.07. The number of hydrogen-bond acceptors (Lipinski definition) is 7. The van der Waals surface area contributed by atoms with E-state index in [1.165, 1.54) is 30.4 Å². The molecule has 0 radical (unpaired) electrons. The van der Waals surface area contributed by atoms with E-state index in [0.717, 1.165) is 34.4 Å². The number of H-pyrrole nitrogens is 1. The minimum absolute atomic E-state index is 0.347. The summed E-state index contributed by atoms with van der Waals surface area (Å²) in [5.74, 6) is -0.347. The Hall–Kier alpha value is -2.29. The molecule has 2 N–H and O–H groups in total. The van der Waals surface area contributed by atoms with Gasteiger partial charge in [-0.2, -0.15) is 0 Å². The number of aromatic nitrogens is 1. The zero-order chi connectivity index (χ0) is 18.9. The highest BCUT2D eigenvalue weighted by Gasteiger charge is 2.14. The number of benzene rings is 1. The molecule has 0 aliphatic carbocycles. The van der Waals surface area contributed by atoms with Crippen LogP contribution >= 0.6 is 23.3 Å². The van der Waals surface area contributed by atoms with E-state index in [2.05, 4.69) is 14.4 Å². The van der Waals surface area contributed by atoms with Gasteiger partial charge in [0.05, 0.1) is 28.9 Å². The van der Waals surface area contributed by atoms with Crippen LogP contribution in [-0.2, 0) is 9.47 Å². The standard InChI is InChI=1S/C15H12N2O3S2.C3H8O/c1-20-15(19)14-12(5-6-21-14)22-17-11-4-2-3-9-7-10(8-18)16-13(9)11;1-3-4-2/h2-8,16-17H,1H3;3H2,1-2H3. The minimum Gasteiger partial charge on any atom is -0.465 e. The van der Waals surface area contributed by atoms with Crippen LogP contribution in [0.3, 0.4) is 0 Å². The Balaban J connectivity index is 0.000000552. The maximum atomic E-state index is 11.7. The van der Waals surface area contributed by atoms with Crippen molar-refractivity contribution < 1.29 is 19.1 Å². The van der Waals surface area contributed by atoms with E-state index in [0.29, 0.717) is 10.6 Å². The lowest BCUT2D eigenvalue weighted by Crippen LogP contribution is -2.00. The lowest BCUT2D eigenvalue weighted by molar-refractivity contribution is 0.0602. The summed E-state index contributed by atoms with van der Waals surface area (Å²) in [7, 11) is 3.05. The van der Waals surface area contributed by atoms with Crippen molar-refractivity contribution in [2.24, 2.45) is 0 Å². The molecule has 0 amide bonds. The zero-order valence-electron chi connectivity index (χ0n) is 14.7. The second-order valence-electron chi connectivity index (χ2n) is 5.00. The molecule has 2 heterocycles. The molecule has 0 aliphatic rings. The third-order valence-corrected chi connectivity index (χ3v) is 5.27. The molecule has 1 aromatic carbocycles. The summed E-state index contributed by atoms with van der Waals surface area (Å²) in [6.45, 7) is 2.78. The Kier molecular flexibility index (Phi) is 7.71. The first-order chi connectivity index (χ1) is 12.6. The van der Waals surface area contributed by atoms with Gasteiger partial charge in [-0.15, -0.1) is 11.3 Å². The van der Waals surface area contributed by atoms with Crippen LogP contribution in [0.25, 0.3) is 10.9 Å². The molecule has 0 spiro atoms. The van der Waals surface area contributed by atoms with Crippen molar-refractivity contribution in [1.82, 2.24) is 4.98 Å². The van der Waals surface area contributed by atoms with Gasteiger partial charge in [0.1, 0.15) is 4.88 Å². The number of para-hydroxylation sites is 1. The van der Waals surface area contributed by atoms with Gasteiger partial charge in [0.2, 0.25) is 0 Å². The third kappa shape index (κ3) is 4.87. The number of carbonyl (C=O) groups excluding carboxylic acids is 2. The van der Waals surface area contributed by atoms with E-state index < -0.39 is 0 Å². The summed E-state index contributed by atoms with van der Waals surface area (Å²) in [4.78, 5) is 27.0. The number of aldehydes is 1. The summed E-state index contributed by atoms with van der Waals surface area (Å²) in [5.41, 5.74) is 2.23. The lowest BCUT2D eigenvalue weighted by atomic mass is 10.2. The SMILES string of the molecule is CCOC.COC(=O)c1sccc1SNc1cccc2cc(C=O)[nH]c12. The van der Waals surface area contributed by atoms with Crippen LogP contribution in [0.2, 0.25) is 0 Å². The van der Waals surface area contributed by atoms with Gasteiger partial charge in [0, 0.05) is 19.1 Å². The first-order valence-electron chi connectivity index (χ1n) is 7.79. The normalized spacial score (nSPS) is 10.1. The summed E-state index contributed by atoms with van der Waals surface area (Å²) in [5, 5.41) is 2.79. The molecule has 0 saturated carbocycles. The number of rotatable bonds is 6. The topological polar surface area (TPSA) is 80.4 Å². The highest BCUT2D eigenvalue weighted by molar-refractivity contribution is 8.00. The molecule has 6 nitrogen and oxygen atoms in total. The molecular weight excluding hydrogens is 372 g/mol. The van der Waals surface area contributed by atoms with E-state index >= 15 is 0 Å². The molecular formula is C18H20N2O4S2. The zero-order valence-corrected chi connectivity index (χ0v) is 16.3. The molecule has 8 heteroatoms. The van der Waals surface area contributed by atoms with Crippen molar-refractivity contribution in [2.45, 2.75) is 11.8 Å². The van der Waals surface area contributed by atoms with Gasteiger partial charge in [-0.05, 0) is 42.5 Å². The molecule has 0 saturated heterocycles. The van der Waals surface area contributed by atoms with E-state index in [-0.39, 0.29) is 5.97 Å². The Labute approximate surface area is 160 Å². The number of ether oxygens (including phenoxy) is 2. The first-order valence-corrected chi connectivity index (χ1v) is 9.48. The van der Waals surface area contributed by atoms with Crippen molar-refractivity contribution in [3.8, 4) is 0 Å². The van der Waals surface area contributed by atoms with Crippen molar-refractivity contribution in [3.63, 3.8) is 0 Å². The summed E-state index contributed by atoms with van der Waals surface area (Å²) in [6.07, 6.45) is 0.783. The van der Waals surface area contributed by atoms with Crippen LogP contribution in [0.15, 0.2) is 40.6 Å². The Morgan fingerprint density at radius 1 is 1.35 bits per heavy atom. The van der Waals surface area contributed by atoms with Crippen LogP contribution in [0.5, 0.6) is 0 Å². The fourth-order valence-electron chi connectivity index (χ4n) is 2.06. The van der Waals surface area contributed by atoms with Gasteiger partial charge in [-0.3, -0.25) is 4.79 Å². The van der Waals surface area contributed by atoms with Crippen LogP contribution in [0.4, 0.5) is 5.69 Å². The number of anilines is 1. The predicted molar refractivity (Wildman–Crippen MR) is 106 cm³/mol. The number of aromatic amines is 1. The van der Waals surface area contributed by atoms with Crippen molar-refractivity contribution in [1.29, 1.82) is 0 Å². The first kappa shape index (κ1) is 20.0. The van der Waals surface area contributed by atoms with Gasteiger partial charge in [-0.25, -0.2) is 4.79 Å². The molecule has 3 aromatic rings. The quantitative estimate of drug-likeness (QED) is 0.362. The number of carbonyl (C=O) groups is 2. The van der Waals surface area contributed by atoms with Crippen LogP contribution in [0.1, 0.15) is 27.1 Å². The van der Waals surface area contributed by atoms with Crippen molar-refractivity contribution in [3.05, 3.63) is 46.3 Å². The van der Waals surface area contributed by atoms with Crippen LogP contribution in [0, 0.1) is 0 Å². The number of fused-ring (bicyclic) bond motifs is 1. The molecule has 3 rings (SSSR count). The minimum atomic E-state index is -0.347. The average molecular weight is 393 g/mol. The average Bonchev–Trinajstić information content (AvgIpc) is 3.32. The maximum Gasteiger partial charge on any atom is 0.349 e. The fraction of sp³-hybridized carbons (Fsp3) is 0.222. The number of hydrogen-bond donors (Lipinski definition) is 2. The molecule has 138 valence electrons. The van der Waals surface area contributed by atoms with E-state index in [4.69, 9.17) is 4.74 Å². The third-order valence-electron chi connectivity index (χ3n) is 3.36. The van der Waals surface area contributed by atoms with Gasteiger partial charge in [-0.1, -0.05) is 12.1 Å². The van der Waals surface area contributed by atoms with Gasteiger partial charge in [0.15, 0.2) is 6.29 Å². The molecule has 26 heavy (non-hydrogen) atoms. The van der Waals surface area contributed by atoms with E-state index in [1.807, 2.05) is 36.6 Å². The monoisotopic (exact) mass is 392 g/mol. The van der Waals surface area contributed by atoms with Gasteiger partial charge >= 0.3 is 5.97 Å². The summed E-state index contributed by atoms with van der Waals surface area (Å²) >= 11 is 2.67. The Morgan fingerprint density at radius 2 is 2.12 bits per heavy atom. The van der Waals surface area contributed by atoms with E-state index in [1.54, 1.807) is 13.2 Å². The van der Waals surface area contributed by atoms with Crippen molar-refractivity contribution in [2.75, 3.05) is 25.5 Å². The van der Waals surface area contributed by atoms with Gasteiger partial charge < -0.3 is 19.2 Å². The second-order valence-corrected chi connectivity index (χ2v) is 6.76. The number of nitrogens with one attached hydrogen (secondary N) is 2. The molecule has 0 bridgehead atoms. The second kappa shape index (κ2) is 10.0. The highest BCUT2D eigenvalue weighted by atomic mass is 32.2. The molecule has 0 aliphatic heterocycles. The van der Waals surface area contributed by atoms with Gasteiger partial charge in [0.25, 0.3) is 0 Å². The fourth-order valence-corrected chi connectivity index (χ4v) is 3.82. The summed E-state index contributed by atoms with van der Waals surface area (Å²) < 4.78 is 12.5. The highest BCUT2D eigenvalue weighted by Crippen LogP contribution is 2.32. The molecule has 2 aromatic heterocycles. The smallest absolute Gasteiger partial charge is 0.349 e. The van der Waals surface area contributed by atoms with E-state index in [9.17, 15) is 9.59 Å². The number of thiophene rings is 1. The largest absolute Gasteiger partial charge is 0.465 e. The maximum absolute atomic E-state index is 11.7. The van der Waals surface area contributed by atoms with Crippen LogP contribution < -0.4 is 4.72 Å². The number of esters is 1. The van der Waals surface area contributed by atoms with Crippen LogP contribution in [-0.4, -0.2) is 38.1 Å². The summed E-state index contributed by atoms with van der Waals surface area (Å²) in [6, 6.07) is 9.40.